The number of carbonyl (C=O) groups is 2. The van der Waals surface area contributed by atoms with Crippen LogP contribution >= 0.6 is 12.4 Å². The molecule has 2 aromatic carbocycles. The predicted molar refractivity (Wildman–Crippen MR) is 112 cm³/mol. The molecule has 0 bridgehead atoms. The molecule has 0 saturated carbocycles. The van der Waals surface area contributed by atoms with Gasteiger partial charge in [0.05, 0.1) is 16.9 Å². The number of rotatable bonds is 6. The number of benzene rings is 2. The number of aromatic amines is 1. The summed E-state index contributed by atoms with van der Waals surface area (Å²) in [5.41, 5.74) is 4.07. The Morgan fingerprint density at radius 2 is 1.76 bits per heavy atom. The smallest absolute Gasteiger partial charge is 0.378 e. The Hall–Kier alpha value is -3.87. The first-order valence-electron chi connectivity index (χ1n) is 8.84. The first kappa shape index (κ1) is 25.4. The van der Waals surface area contributed by atoms with Crippen molar-refractivity contribution < 1.29 is 31.5 Å². The van der Waals surface area contributed by atoms with Crippen LogP contribution in [0.3, 0.4) is 0 Å². The predicted octanol–water partition coefficient (Wildman–Crippen LogP) is 4.48. The van der Waals surface area contributed by atoms with E-state index >= 15 is 0 Å². The lowest BCUT2D eigenvalue weighted by Gasteiger charge is -2.12. The maximum atomic E-state index is 13.9. The average molecular weight is 491 g/mol. The minimum atomic E-state index is -4.73. The second-order valence-corrected chi connectivity index (χ2v) is 6.48. The first-order valence-corrected chi connectivity index (χ1v) is 8.84. The third-order valence-corrected chi connectivity index (χ3v) is 4.12. The topological polar surface area (TPSA) is 125 Å². The number of hydrogen-bond acceptors (Lipinski definition) is 4. The van der Waals surface area contributed by atoms with E-state index in [0.717, 1.165) is 18.2 Å². The van der Waals surface area contributed by atoms with Crippen molar-refractivity contribution in [3.8, 4) is 0 Å². The normalized spacial score (nSPS) is 10.8. The number of anilines is 3. The second kappa shape index (κ2) is 10.2. The lowest BCUT2D eigenvalue weighted by molar-refractivity contribution is -0.137. The molecular formula is C19H16ClF5N6O2. The molecule has 0 saturated heterocycles. The van der Waals surface area contributed by atoms with Crippen molar-refractivity contribution in [2.45, 2.75) is 12.7 Å². The number of carbonyl (C=O) groups excluding carboxylic acids is 2. The van der Waals surface area contributed by atoms with E-state index in [1.54, 1.807) is 0 Å². The molecule has 1 aromatic heterocycles. The van der Waals surface area contributed by atoms with E-state index in [1.807, 2.05) is 0 Å². The number of hydrogen-bond donors (Lipinski definition) is 5. The fourth-order valence-corrected chi connectivity index (χ4v) is 2.71. The largest absolute Gasteiger partial charge is 0.416 e. The molecule has 8 nitrogen and oxygen atoms in total. The number of nitrogens with one attached hydrogen (secondary N) is 4. The number of H-pyrrole nitrogens is 1. The zero-order valence-corrected chi connectivity index (χ0v) is 17.2. The lowest BCUT2D eigenvalue weighted by Crippen LogP contribution is -2.20. The summed E-state index contributed by atoms with van der Waals surface area (Å²) in [6, 6.07) is 4.16. The fraction of sp³-hybridized carbons (Fsp3) is 0.105. The lowest BCUT2D eigenvalue weighted by atomic mass is 10.2. The van der Waals surface area contributed by atoms with Gasteiger partial charge in [0.1, 0.15) is 11.6 Å². The minimum Gasteiger partial charge on any atom is -0.378 e. The van der Waals surface area contributed by atoms with Crippen molar-refractivity contribution in [2.24, 2.45) is 5.73 Å². The number of halogens is 6. The third-order valence-electron chi connectivity index (χ3n) is 4.12. The van der Waals surface area contributed by atoms with Crippen LogP contribution in [0, 0.1) is 11.6 Å². The van der Waals surface area contributed by atoms with E-state index < -0.39 is 41.0 Å². The Morgan fingerprint density at radius 3 is 2.39 bits per heavy atom. The fourth-order valence-electron chi connectivity index (χ4n) is 2.71. The van der Waals surface area contributed by atoms with E-state index in [-0.39, 0.29) is 42.1 Å². The Labute approximate surface area is 189 Å². The van der Waals surface area contributed by atoms with Gasteiger partial charge in [-0.05, 0) is 42.0 Å². The highest BCUT2D eigenvalue weighted by molar-refractivity contribution is 6.00. The van der Waals surface area contributed by atoms with E-state index in [4.69, 9.17) is 5.73 Å². The molecule has 0 unspecified atom stereocenters. The summed E-state index contributed by atoms with van der Waals surface area (Å²) < 4.78 is 65.6. The van der Waals surface area contributed by atoms with Crippen molar-refractivity contribution >= 4 is 41.4 Å². The molecule has 0 radical (unpaired) electrons. The van der Waals surface area contributed by atoms with Gasteiger partial charge in [0, 0.05) is 18.4 Å². The van der Waals surface area contributed by atoms with Gasteiger partial charge in [0.15, 0.2) is 5.69 Å². The molecule has 0 fully saturated rings. The van der Waals surface area contributed by atoms with Crippen molar-refractivity contribution in [1.82, 2.24) is 10.2 Å². The van der Waals surface area contributed by atoms with Gasteiger partial charge in [-0.2, -0.15) is 18.3 Å². The molecule has 3 rings (SSSR count). The summed E-state index contributed by atoms with van der Waals surface area (Å²) in [5, 5.41) is 13.3. The maximum absolute atomic E-state index is 13.9. The van der Waals surface area contributed by atoms with Crippen LogP contribution in [0.25, 0.3) is 0 Å². The summed E-state index contributed by atoms with van der Waals surface area (Å²) in [7, 11) is 0. The summed E-state index contributed by atoms with van der Waals surface area (Å²) in [6.45, 7) is 0.0292. The van der Waals surface area contributed by atoms with Gasteiger partial charge >= 0.3 is 12.2 Å². The van der Waals surface area contributed by atoms with Crippen LogP contribution in [0.2, 0.25) is 0 Å². The molecule has 0 aliphatic rings. The van der Waals surface area contributed by atoms with Crippen LogP contribution in [-0.2, 0) is 12.7 Å². The van der Waals surface area contributed by atoms with Gasteiger partial charge in [-0.15, -0.1) is 12.4 Å². The van der Waals surface area contributed by atoms with Gasteiger partial charge in [0.25, 0.3) is 5.91 Å². The molecule has 0 atom stereocenters. The molecule has 33 heavy (non-hydrogen) atoms. The molecule has 0 aliphatic heterocycles. The van der Waals surface area contributed by atoms with Crippen LogP contribution in [-0.4, -0.2) is 22.1 Å². The number of primary amides is 1. The molecule has 1 heterocycles. The third kappa shape index (κ3) is 6.55. The summed E-state index contributed by atoms with van der Waals surface area (Å²) in [4.78, 5) is 23.4. The molecule has 3 amide bonds. The standard InChI is InChI=1S/C19H15F5N6O2.ClH/c20-11-3-9(7-26-15-8-27-30-16(15)17(25)31)4-12(6-11)28-18(32)29-14-2-1-10(5-13(14)21)19(22,23)24;/h1-6,8,26H,7H2,(H2,25,31)(H,27,30)(H2,28,29,32);1H. The van der Waals surface area contributed by atoms with Crippen LogP contribution in [0.15, 0.2) is 42.6 Å². The first-order chi connectivity index (χ1) is 15.0. The van der Waals surface area contributed by atoms with Crippen LogP contribution < -0.4 is 21.7 Å². The van der Waals surface area contributed by atoms with Gasteiger partial charge in [0.2, 0.25) is 0 Å². The summed E-state index contributed by atoms with van der Waals surface area (Å²) in [6.07, 6.45) is -3.35. The van der Waals surface area contributed by atoms with Gasteiger partial charge in [-0.1, -0.05) is 0 Å². The molecule has 6 N–H and O–H groups in total. The number of nitrogens with two attached hydrogens (primary N) is 1. The van der Waals surface area contributed by atoms with E-state index in [1.165, 1.54) is 12.3 Å². The molecule has 0 spiro atoms. The van der Waals surface area contributed by atoms with Crippen LogP contribution in [0.4, 0.5) is 43.8 Å². The summed E-state index contributed by atoms with van der Waals surface area (Å²) in [5.74, 6) is -2.77. The average Bonchev–Trinajstić information content (AvgIpc) is 3.15. The molecule has 176 valence electrons. The SMILES string of the molecule is Cl.NC(=O)c1n[nH]cc1NCc1cc(F)cc(NC(=O)Nc2ccc(C(F)(F)F)cc2F)c1. The zero-order chi connectivity index (χ0) is 23.5. The zero-order valence-electron chi connectivity index (χ0n) is 16.4. The van der Waals surface area contributed by atoms with Crippen LogP contribution in [0.5, 0.6) is 0 Å². The highest BCUT2D eigenvalue weighted by Crippen LogP contribution is 2.31. The summed E-state index contributed by atoms with van der Waals surface area (Å²) >= 11 is 0. The van der Waals surface area contributed by atoms with Crippen molar-refractivity contribution in [3.63, 3.8) is 0 Å². The molecule has 3 aromatic rings. The highest BCUT2D eigenvalue weighted by atomic mass is 35.5. The van der Waals surface area contributed by atoms with Gasteiger partial charge < -0.3 is 21.7 Å². The van der Waals surface area contributed by atoms with Crippen LogP contribution in [0.1, 0.15) is 21.6 Å². The number of nitrogens with zero attached hydrogens (tertiary/aromatic N) is 1. The van der Waals surface area contributed by atoms with E-state index in [2.05, 4.69) is 26.1 Å². The van der Waals surface area contributed by atoms with Crippen molar-refractivity contribution in [3.05, 3.63) is 71.1 Å². The van der Waals surface area contributed by atoms with Crippen molar-refractivity contribution in [2.75, 3.05) is 16.0 Å². The quantitative estimate of drug-likeness (QED) is 0.327. The molecule has 0 aliphatic carbocycles. The van der Waals surface area contributed by atoms with Gasteiger partial charge in [-0.25, -0.2) is 13.6 Å². The number of amides is 3. The molecular weight excluding hydrogens is 475 g/mol. The molecule has 14 heteroatoms. The number of alkyl halides is 3. The minimum absolute atomic E-state index is 0. The Bertz CT molecular complexity index is 1170. The number of aromatic nitrogens is 2. The van der Waals surface area contributed by atoms with E-state index in [0.29, 0.717) is 11.6 Å². The number of urea groups is 1. The Kier molecular flexibility index (Phi) is 7.82. The van der Waals surface area contributed by atoms with Crippen molar-refractivity contribution in [1.29, 1.82) is 0 Å². The van der Waals surface area contributed by atoms with Gasteiger partial charge in [-0.3, -0.25) is 9.89 Å². The Morgan fingerprint density at radius 1 is 1.03 bits per heavy atom. The maximum Gasteiger partial charge on any atom is 0.416 e. The Balaban J connectivity index is 0.00000385. The highest BCUT2D eigenvalue weighted by Gasteiger charge is 2.31. The monoisotopic (exact) mass is 490 g/mol. The second-order valence-electron chi connectivity index (χ2n) is 6.48. The van der Waals surface area contributed by atoms with E-state index in [9.17, 15) is 31.5 Å².